The summed E-state index contributed by atoms with van der Waals surface area (Å²) in [5.74, 6) is -0.0892. The largest absolute Gasteiger partial charge is 0.302 e. The molecular weight excluding hydrogens is 418 g/mol. The standard InChI is InChI=1S/C22H31N5OS.ClH/c1-6-17-10-9-11-19-20(17)23-22(29-19)26(15-14-25(7-2)8-3)21(28)18-12-13-27(24-18)16(4)5;/h9-13,16H,6-8,14-15H2,1-5H3;1H. The average molecular weight is 450 g/mol. The minimum Gasteiger partial charge on any atom is -0.302 e. The number of aryl methyl sites for hydroxylation is 1. The first-order valence-corrected chi connectivity index (χ1v) is 11.3. The van der Waals surface area contributed by atoms with E-state index in [4.69, 9.17) is 4.98 Å². The van der Waals surface area contributed by atoms with Crippen LogP contribution in [0.4, 0.5) is 5.13 Å². The van der Waals surface area contributed by atoms with E-state index in [1.54, 1.807) is 22.3 Å². The van der Waals surface area contributed by atoms with Gasteiger partial charge in [0.15, 0.2) is 10.8 Å². The number of benzene rings is 1. The van der Waals surface area contributed by atoms with Crippen LogP contribution in [0.3, 0.4) is 0 Å². The van der Waals surface area contributed by atoms with Gasteiger partial charge in [0.2, 0.25) is 0 Å². The van der Waals surface area contributed by atoms with Crippen molar-refractivity contribution in [3.63, 3.8) is 0 Å². The molecule has 2 heterocycles. The van der Waals surface area contributed by atoms with Gasteiger partial charge in [-0.05, 0) is 51.1 Å². The Morgan fingerprint density at radius 2 is 1.87 bits per heavy atom. The van der Waals surface area contributed by atoms with Gasteiger partial charge in [-0.25, -0.2) is 4.98 Å². The van der Waals surface area contributed by atoms with E-state index < -0.39 is 0 Å². The fourth-order valence-electron chi connectivity index (χ4n) is 3.34. The lowest BCUT2D eigenvalue weighted by molar-refractivity contribution is 0.0978. The third-order valence-corrected chi connectivity index (χ3v) is 6.28. The van der Waals surface area contributed by atoms with E-state index >= 15 is 0 Å². The number of halogens is 1. The number of carbonyl (C=O) groups excluding carboxylic acids is 1. The molecule has 164 valence electrons. The van der Waals surface area contributed by atoms with E-state index in [-0.39, 0.29) is 24.4 Å². The lowest BCUT2D eigenvalue weighted by Gasteiger charge is -2.24. The Hall–Kier alpha value is -1.96. The van der Waals surface area contributed by atoms with Crippen LogP contribution >= 0.6 is 23.7 Å². The van der Waals surface area contributed by atoms with Crippen LogP contribution in [0.1, 0.15) is 56.7 Å². The molecule has 0 fully saturated rings. The molecule has 0 atom stereocenters. The summed E-state index contributed by atoms with van der Waals surface area (Å²) in [6, 6.07) is 8.27. The molecule has 3 rings (SSSR count). The minimum absolute atomic E-state index is 0. The molecule has 1 amide bonds. The zero-order valence-corrected chi connectivity index (χ0v) is 20.1. The van der Waals surface area contributed by atoms with Gasteiger partial charge in [0.1, 0.15) is 0 Å². The normalized spacial score (nSPS) is 11.3. The van der Waals surface area contributed by atoms with Gasteiger partial charge < -0.3 is 4.90 Å². The van der Waals surface area contributed by atoms with Crippen LogP contribution in [0.2, 0.25) is 0 Å². The van der Waals surface area contributed by atoms with Crippen molar-refractivity contribution in [1.29, 1.82) is 0 Å². The summed E-state index contributed by atoms with van der Waals surface area (Å²) in [5.41, 5.74) is 2.68. The molecule has 0 saturated heterocycles. The molecule has 2 aromatic heterocycles. The van der Waals surface area contributed by atoms with Crippen LogP contribution < -0.4 is 4.90 Å². The summed E-state index contributed by atoms with van der Waals surface area (Å²) >= 11 is 1.58. The highest BCUT2D eigenvalue weighted by atomic mass is 35.5. The van der Waals surface area contributed by atoms with E-state index in [1.807, 2.05) is 10.9 Å². The van der Waals surface area contributed by atoms with Crippen LogP contribution in [0.5, 0.6) is 0 Å². The molecule has 3 aromatic rings. The number of nitrogens with zero attached hydrogens (tertiary/aromatic N) is 5. The molecule has 0 aliphatic carbocycles. The first-order valence-electron chi connectivity index (χ1n) is 10.5. The van der Waals surface area contributed by atoms with Gasteiger partial charge in [0.05, 0.1) is 10.2 Å². The minimum atomic E-state index is -0.0892. The van der Waals surface area contributed by atoms with Gasteiger partial charge >= 0.3 is 0 Å². The molecule has 8 heteroatoms. The molecule has 1 aromatic carbocycles. The second-order valence-electron chi connectivity index (χ2n) is 7.37. The highest BCUT2D eigenvalue weighted by Gasteiger charge is 2.24. The average Bonchev–Trinajstić information content (AvgIpc) is 3.38. The van der Waals surface area contributed by atoms with E-state index in [0.717, 1.165) is 41.4 Å². The molecule has 0 unspecified atom stereocenters. The highest BCUT2D eigenvalue weighted by molar-refractivity contribution is 7.22. The number of hydrogen-bond donors (Lipinski definition) is 0. The fourth-order valence-corrected chi connectivity index (χ4v) is 4.38. The van der Waals surface area contributed by atoms with Crippen molar-refractivity contribution in [2.24, 2.45) is 0 Å². The number of aromatic nitrogens is 3. The maximum atomic E-state index is 13.4. The number of hydrogen-bond acceptors (Lipinski definition) is 5. The smallest absolute Gasteiger partial charge is 0.280 e. The zero-order valence-electron chi connectivity index (χ0n) is 18.5. The number of amides is 1. The van der Waals surface area contributed by atoms with E-state index in [1.165, 1.54) is 5.56 Å². The number of anilines is 1. The van der Waals surface area contributed by atoms with Crippen LogP contribution in [-0.4, -0.2) is 51.8 Å². The molecule has 30 heavy (non-hydrogen) atoms. The lowest BCUT2D eigenvalue weighted by Crippen LogP contribution is -2.39. The molecule has 0 N–H and O–H groups in total. The van der Waals surface area contributed by atoms with Crippen molar-refractivity contribution in [2.75, 3.05) is 31.1 Å². The Bertz CT molecular complexity index is 964. The Morgan fingerprint density at radius 1 is 1.13 bits per heavy atom. The predicted octanol–water partition coefficient (Wildman–Crippen LogP) is 5.05. The molecule has 0 bridgehead atoms. The Morgan fingerprint density at radius 3 is 2.47 bits per heavy atom. The number of carbonyl (C=O) groups is 1. The second-order valence-corrected chi connectivity index (χ2v) is 8.38. The second kappa shape index (κ2) is 10.9. The molecule has 0 aliphatic rings. The monoisotopic (exact) mass is 449 g/mol. The summed E-state index contributed by atoms with van der Waals surface area (Å²) in [6.45, 7) is 13.8. The van der Waals surface area contributed by atoms with Gasteiger partial charge in [-0.2, -0.15) is 5.10 Å². The van der Waals surface area contributed by atoms with E-state index in [0.29, 0.717) is 12.2 Å². The van der Waals surface area contributed by atoms with Crippen molar-refractivity contribution in [1.82, 2.24) is 19.7 Å². The van der Waals surface area contributed by atoms with E-state index in [2.05, 4.69) is 62.8 Å². The van der Waals surface area contributed by atoms with Crippen molar-refractivity contribution in [2.45, 2.75) is 47.1 Å². The summed E-state index contributed by atoms with van der Waals surface area (Å²) < 4.78 is 2.94. The fraction of sp³-hybridized carbons (Fsp3) is 0.500. The predicted molar refractivity (Wildman–Crippen MR) is 128 cm³/mol. The van der Waals surface area contributed by atoms with Crippen LogP contribution in [0, 0.1) is 0 Å². The third kappa shape index (κ3) is 5.20. The number of fused-ring (bicyclic) bond motifs is 1. The molecule has 6 nitrogen and oxygen atoms in total. The van der Waals surface area contributed by atoms with Crippen molar-refractivity contribution in [3.05, 3.63) is 41.7 Å². The van der Waals surface area contributed by atoms with Crippen molar-refractivity contribution < 1.29 is 4.79 Å². The quantitative estimate of drug-likeness (QED) is 0.458. The topological polar surface area (TPSA) is 54.3 Å². The van der Waals surface area contributed by atoms with Crippen LogP contribution in [0.25, 0.3) is 10.2 Å². The Kier molecular flexibility index (Phi) is 8.82. The number of para-hydroxylation sites is 1. The Balaban J connectivity index is 0.00000320. The number of rotatable bonds is 9. The summed E-state index contributed by atoms with van der Waals surface area (Å²) in [7, 11) is 0. The summed E-state index contributed by atoms with van der Waals surface area (Å²) in [6.07, 6.45) is 2.79. The lowest BCUT2D eigenvalue weighted by atomic mass is 10.1. The van der Waals surface area contributed by atoms with Gasteiger partial charge in [0.25, 0.3) is 5.91 Å². The van der Waals surface area contributed by atoms with Gasteiger partial charge in [-0.15, -0.1) is 12.4 Å². The zero-order chi connectivity index (χ0) is 21.0. The maximum absolute atomic E-state index is 13.4. The van der Waals surface area contributed by atoms with E-state index in [9.17, 15) is 4.79 Å². The van der Waals surface area contributed by atoms with Crippen molar-refractivity contribution in [3.8, 4) is 0 Å². The highest BCUT2D eigenvalue weighted by Crippen LogP contribution is 2.31. The van der Waals surface area contributed by atoms with Gasteiger partial charge in [0, 0.05) is 25.3 Å². The van der Waals surface area contributed by atoms with Gasteiger partial charge in [-0.3, -0.25) is 14.4 Å². The maximum Gasteiger partial charge on any atom is 0.280 e. The summed E-state index contributed by atoms with van der Waals surface area (Å²) in [4.78, 5) is 22.4. The van der Waals surface area contributed by atoms with Crippen molar-refractivity contribution >= 4 is 45.0 Å². The molecule has 0 spiro atoms. The molecule has 0 aliphatic heterocycles. The molecule has 0 radical (unpaired) electrons. The summed E-state index contributed by atoms with van der Waals surface area (Å²) in [5, 5.41) is 5.25. The molecular formula is C22H32ClN5OS. The van der Waals surface area contributed by atoms with Crippen LogP contribution in [-0.2, 0) is 6.42 Å². The number of thiazole rings is 1. The third-order valence-electron chi connectivity index (χ3n) is 5.24. The number of likely N-dealkylation sites (N-methyl/N-ethyl adjacent to an activating group) is 1. The first-order chi connectivity index (χ1) is 14.0. The van der Waals surface area contributed by atoms with Gasteiger partial charge in [-0.1, -0.05) is 44.2 Å². The Labute approximate surface area is 189 Å². The SMILES string of the molecule is CCc1cccc2sc(N(CCN(CC)CC)C(=O)c3ccn(C(C)C)n3)nc12.Cl. The molecule has 0 saturated carbocycles. The first kappa shape index (κ1) is 24.3. The van der Waals surface area contributed by atoms with Crippen LogP contribution in [0.15, 0.2) is 30.5 Å².